The van der Waals surface area contributed by atoms with Crippen molar-refractivity contribution in [3.05, 3.63) is 29.3 Å². The van der Waals surface area contributed by atoms with E-state index in [2.05, 4.69) is 15.6 Å². The average Bonchev–Trinajstić information content (AvgIpc) is 2.70. The molecule has 2 N–H and O–H groups in total. The Morgan fingerprint density at radius 1 is 0.846 bits per heavy atom. The minimum Gasteiger partial charge on any atom is -0.492 e. The van der Waals surface area contributed by atoms with Crippen LogP contribution in [0.15, 0.2) is 23.2 Å². The standard InChI is InChI=1S/C23H37N3O11S2/c1-22(2,3)36-20(27)25-19(26-21(28)37-23(4,5)6)24-11-12-33-18-10-9-16(14-34-38(7,29)30)17(13-18)15-35-39(8,31)32/h9-10,13H,11-12,14-15H2,1-8H3,(H2,24,25,26,27,28). The van der Waals surface area contributed by atoms with E-state index in [0.717, 1.165) is 12.5 Å². The summed E-state index contributed by atoms with van der Waals surface area (Å²) in [5, 5.41) is 5.10. The summed E-state index contributed by atoms with van der Waals surface area (Å²) in [5.74, 6) is 0.0790. The van der Waals surface area contributed by atoms with Gasteiger partial charge in [-0.3, -0.25) is 13.7 Å². The fourth-order valence-electron chi connectivity index (χ4n) is 2.53. The van der Waals surface area contributed by atoms with Gasteiger partial charge >= 0.3 is 12.2 Å². The first kappa shape index (κ1) is 34.1. The van der Waals surface area contributed by atoms with Crippen molar-refractivity contribution >= 4 is 38.4 Å². The van der Waals surface area contributed by atoms with Crippen molar-refractivity contribution in [2.24, 2.45) is 4.99 Å². The Labute approximate surface area is 229 Å². The molecule has 0 aromatic heterocycles. The lowest BCUT2D eigenvalue weighted by Crippen LogP contribution is -2.45. The molecule has 39 heavy (non-hydrogen) atoms. The van der Waals surface area contributed by atoms with Gasteiger partial charge in [-0.2, -0.15) is 16.8 Å². The maximum Gasteiger partial charge on any atom is 0.437 e. The average molecular weight is 596 g/mol. The van der Waals surface area contributed by atoms with Crippen LogP contribution in [0.3, 0.4) is 0 Å². The molecule has 0 spiro atoms. The maximum atomic E-state index is 12.2. The van der Waals surface area contributed by atoms with E-state index in [0.29, 0.717) is 16.9 Å². The Hall–Kier alpha value is -2.95. The van der Waals surface area contributed by atoms with Crippen LogP contribution in [0.2, 0.25) is 0 Å². The van der Waals surface area contributed by atoms with Gasteiger partial charge in [0.25, 0.3) is 20.2 Å². The third kappa shape index (κ3) is 17.3. The number of carbonyl (C=O) groups is 2. The molecule has 222 valence electrons. The van der Waals surface area contributed by atoms with Gasteiger partial charge in [-0.1, -0.05) is 6.07 Å². The number of nitrogens with zero attached hydrogens (tertiary/aromatic N) is 1. The summed E-state index contributed by atoms with van der Waals surface area (Å²) in [7, 11) is -7.51. The number of amides is 2. The zero-order valence-corrected chi connectivity index (χ0v) is 24.9. The Kier molecular flexibility index (Phi) is 12.2. The van der Waals surface area contributed by atoms with Crippen molar-refractivity contribution in [1.82, 2.24) is 10.6 Å². The normalized spacial score (nSPS) is 13.0. The summed E-state index contributed by atoms with van der Waals surface area (Å²) in [6.07, 6.45) is -0.0135. The third-order valence-electron chi connectivity index (χ3n) is 3.91. The molecule has 0 heterocycles. The molecule has 2 amide bonds. The summed E-state index contributed by atoms with van der Waals surface area (Å²) in [5.41, 5.74) is -0.893. The second-order valence-corrected chi connectivity index (χ2v) is 13.5. The molecule has 0 aliphatic rings. The molecule has 0 unspecified atom stereocenters. The lowest BCUT2D eigenvalue weighted by molar-refractivity contribution is 0.0560. The summed E-state index contributed by atoms with van der Waals surface area (Å²) in [6.45, 7) is 9.38. The van der Waals surface area contributed by atoms with Crippen molar-refractivity contribution < 1.29 is 49.0 Å². The van der Waals surface area contributed by atoms with Gasteiger partial charge in [0.15, 0.2) is 0 Å². The number of hydrogen-bond donors (Lipinski definition) is 2. The number of nitrogens with one attached hydrogen (secondary N) is 2. The van der Waals surface area contributed by atoms with Gasteiger partial charge in [-0.15, -0.1) is 4.99 Å². The van der Waals surface area contributed by atoms with E-state index in [1.165, 1.54) is 18.2 Å². The van der Waals surface area contributed by atoms with Crippen LogP contribution in [0.25, 0.3) is 0 Å². The van der Waals surface area contributed by atoms with E-state index in [1.807, 2.05) is 0 Å². The van der Waals surface area contributed by atoms with E-state index in [9.17, 15) is 26.4 Å². The van der Waals surface area contributed by atoms with Gasteiger partial charge in [0, 0.05) is 0 Å². The summed E-state index contributed by atoms with van der Waals surface area (Å²) >= 11 is 0. The highest BCUT2D eigenvalue weighted by Crippen LogP contribution is 2.21. The van der Waals surface area contributed by atoms with Crippen LogP contribution in [0.4, 0.5) is 9.59 Å². The Morgan fingerprint density at radius 2 is 1.38 bits per heavy atom. The number of carbonyl (C=O) groups excluding carboxylic acids is 2. The molecule has 0 aliphatic heterocycles. The van der Waals surface area contributed by atoms with Crippen LogP contribution >= 0.6 is 0 Å². The van der Waals surface area contributed by atoms with E-state index in [1.54, 1.807) is 41.5 Å². The van der Waals surface area contributed by atoms with Crippen LogP contribution in [0, 0.1) is 0 Å². The fourth-order valence-corrected chi connectivity index (χ4v) is 3.22. The zero-order valence-electron chi connectivity index (χ0n) is 23.3. The molecular formula is C23H37N3O11S2. The first-order valence-corrected chi connectivity index (χ1v) is 15.2. The van der Waals surface area contributed by atoms with Crippen molar-refractivity contribution in [2.45, 2.75) is 66.0 Å². The number of guanidine groups is 1. The molecule has 1 aromatic rings. The molecule has 1 rings (SSSR count). The monoisotopic (exact) mass is 595 g/mol. The number of rotatable bonds is 10. The third-order valence-corrected chi connectivity index (χ3v) is 5.01. The molecule has 14 nitrogen and oxygen atoms in total. The quantitative estimate of drug-likeness (QED) is 0.174. The molecule has 0 bridgehead atoms. The van der Waals surface area contributed by atoms with Crippen molar-refractivity contribution in [3.8, 4) is 5.75 Å². The lowest BCUT2D eigenvalue weighted by Gasteiger charge is -2.21. The SMILES string of the molecule is CC(C)(C)OC(=O)/N=C(/NCCOc1ccc(COS(C)(=O)=O)c(COS(C)(=O)=O)c1)NC(=O)OC(C)(C)C. The molecule has 0 fully saturated rings. The lowest BCUT2D eigenvalue weighted by atomic mass is 10.1. The topological polar surface area (TPSA) is 185 Å². The highest BCUT2D eigenvalue weighted by molar-refractivity contribution is 7.86. The minimum atomic E-state index is -3.77. The molecule has 0 aliphatic carbocycles. The number of alkyl carbamates (subject to hydrolysis) is 1. The first-order valence-electron chi connectivity index (χ1n) is 11.6. The first-order chi connectivity index (χ1) is 17.6. The second kappa shape index (κ2) is 13.9. The molecule has 16 heteroatoms. The van der Waals surface area contributed by atoms with Gasteiger partial charge in [0.2, 0.25) is 5.96 Å². The molecular weight excluding hydrogens is 558 g/mol. The molecule has 0 atom stereocenters. The summed E-state index contributed by atoms with van der Waals surface area (Å²) < 4.78 is 71.2. The van der Waals surface area contributed by atoms with E-state index in [4.69, 9.17) is 22.6 Å². The number of benzene rings is 1. The van der Waals surface area contributed by atoms with Crippen LogP contribution < -0.4 is 15.4 Å². The van der Waals surface area contributed by atoms with Crippen molar-refractivity contribution in [1.29, 1.82) is 0 Å². The van der Waals surface area contributed by atoms with Gasteiger partial charge < -0.3 is 19.5 Å². The van der Waals surface area contributed by atoms with Gasteiger partial charge in [-0.05, 0) is 64.8 Å². The fraction of sp³-hybridized carbons (Fsp3) is 0.609. The highest BCUT2D eigenvalue weighted by atomic mass is 32.2. The summed E-state index contributed by atoms with van der Waals surface area (Å²) in [4.78, 5) is 28.0. The van der Waals surface area contributed by atoms with Crippen LogP contribution in [-0.4, -0.2) is 71.8 Å². The molecule has 1 aromatic carbocycles. The van der Waals surface area contributed by atoms with Crippen LogP contribution in [-0.2, 0) is 51.3 Å². The van der Waals surface area contributed by atoms with E-state index >= 15 is 0 Å². The Bertz CT molecular complexity index is 1250. The summed E-state index contributed by atoms with van der Waals surface area (Å²) in [6, 6.07) is 4.51. The number of ether oxygens (including phenoxy) is 3. The highest BCUT2D eigenvalue weighted by Gasteiger charge is 2.20. The van der Waals surface area contributed by atoms with E-state index < -0.39 is 43.6 Å². The smallest absolute Gasteiger partial charge is 0.437 e. The van der Waals surface area contributed by atoms with Crippen molar-refractivity contribution in [2.75, 3.05) is 25.7 Å². The Morgan fingerprint density at radius 3 is 1.90 bits per heavy atom. The second-order valence-electron chi connectivity index (χ2n) is 10.2. The number of aliphatic imine (C=N–C) groups is 1. The van der Waals surface area contributed by atoms with Gasteiger partial charge in [0.1, 0.15) is 23.6 Å². The maximum absolute atomic E-state index is 12.2. The van der Waals surface area contributed by atoms with Gasteiger partial charge in [-0.25, -0.2) is 9.59 Å². The van der Waals surface area contributed by atoms with Crippen LogP contribution in [0.1, 0.15) is 52.7 Å². The molecule has 0 saturated heterocycles. The Balaban J connectivity index is 2.93. The van der Waals surface area contributed by atoms with Gasteiger partial charge in [0.05, 0.1) is 32.3 Å². The number of hydrogen-bond acceptors (Lipinski definition) is 11. The largest absolute Gasteiger partial charge is 0.492 e. The van der Waals surface area contributed by atoms with E-state index in [-0.39, 0.29) is 32.3 Å². The molecule has 0 radical (unpaired) electrons. The predicted molar refractivity (Wildman–Crippen MR) is 142 cm³/mol. The van der Waals surface area contributed by atoms with Crippen molar-refractivity contribution in [3.63, 3.8) is 0 Å². The molecule has 0 saturated carbocycles. The van der Waals surface area contributed by atoms with Crippen LogP contribution in [0.5, 0.6) is 5.75 Å². The minimum absolute atomic E-state index is 0.00883. The predicted octanol–water partition coefficient (Wildman–Crippen LogP) is 2.42. The zero-order chi connectivity index (χ0) is 30.1.